The molecular weight excluding hydrogens is 128 g/mol. The van der Waals surface area contributed by atoms with E-state index in [4.69, 9.17) is 0 Å². The van der Waals surface area contributed by atoms with Crippen LogP contribution in [-0.2, 0) is 0 Å². The Morgan fingerprint density at radius 2 is 2.50 bits per heavy atom. The lowest BCUT2D eigenvalue weighted by Crippen LogP contribution is -2.07. The normalized spacial score (nSPS) is 17.3. The van der Waals surface area contributed by atoms with Crippen LogP contribution in [0.5, 0.6) is 0 Å². The van der Waals surface area contributed by atoms with Gasteiger partial charge in [-0.25, -0.2) is 0 Å². The van der Waals surface area contributed by atoms with Crippen molar-refractivity contribution in [1.82, 2.24) is 5.32 Å². The largest absolute Gasteiger partial charge is 0.506 e. The Hall–Kier alpha value is -1.25. The molecule has 10 heavy (non-hydrogen) atoms. The number of hydrogen-bond acceptors (Lipinski definition) is 3. The van der Waals surface area contributed by atoms with Gasteiger partial charge in [-0.05, 0) is 6.08 Å². The third-order valence-electron chi connectivity index (χ3n) is 1.27. The van der Waals surface area contributed by atoms with Gasteiger partial charge in [0.05, 0.1) is 11.9 Å². The highest BCUT2D eigenvalue weighted by molar-refractivity contribution is 5.62. The van der Waals surface area contributed by atoms with Crippen LogP contribution < -0.4 is 5.32 Å². The predicted molar refractivity (Wildman–Crippen MR) is 41.0 cm³/mol. The summed E-state index contributed by atoms with van der Waals surface area (Å²) in [6, 6.07) is 0. The molecule has 0 saturated carbocycles. The minimum Gasteiger partial charge on any atom is -0.506 e. The van der Waals surface area contributed by atoms with Gasteiger partial charge in [0.2, 0.25) is 0 Å². The molecule has 0 aromatic heterocycles. The lowest BCUT2D eigenvalue weighted by atomic mass is 10.3. The van der Waals surface area contributed by atoms with Gasteiger partial charge in [0.1, 0.15) is 5.76 Å². The molecular formula is C7H10N2O. The van der Waals surface area contributed by atoms with Gasteiger partial charge in [-0.2, -0.15) is 0 Å². The van der Waals surface area contributed by atoms with Gasteiger partial charge in [0.25, 0.3) is 0 Å². The fourth-order valence-electron chi connectivity index (χ4n) is 0.721. The van der Waals surface area contributed by atoms with Crippen LogP contribution in [0.4, 0.5) is 0 Å². The zero-order valence-corrected chi connectivity index (χ0v) is 5.83. The second-order valence-electron chi connectivity index (χ2n) is 1.95. The number of nitrogens with one attached hydrogen (secondary N) is 1. The maximum Gasteiger partial charge on any atom is 0.136 e. The van der Waals surface area contributed by atoms with Crippen LogP contribution in [0.3, 0.4) is 0 Å². The molecule has 1 heterocycles. The summed E-state index contributed by atoms with van der Waals surface area (Å²) in [5.74, 6) is 0.264. The molecule has 0 saturated heterocycles. The Balaban J connectivity index is 2.82. The molecule has 0 unspecified atom stereocenters. The second kappa shape index (κ2) is 3.06. The van der Waals surface area contributed by atoms with Crippen molar-refractivity contribution >= 4 is 6.21 Å². The van der Waals surface area contributed by atoms with Gasteiger partial charge >= 0.3 is 0 Å². The molecule has 0 aliphatic carbocycles. The summed E-state index contributed by atoms with van der Waals surface area (Å²) in [5.41, 5.74) is 0.661. The molecule has 0 atom stereocenters. The van der Waals surface area contributed by atoms with E-state index < -0.39 is 0 Å². The highest BCUT2D eigenvalue weighted by Gasteiger charge is 1.99. The zero-order valence-electron chi connectivity index (χ0n) is 5.83. The Morgan fingerprint density at radius 1 is 1.70 bits per heavy atom. The van der Waals surface area contributed by atoms with E-state index in [1.54, 1.807) is 25.5 Å². The third-order valence-corrected chi connectivity index (χ3v) is 1.27. The van der Waals surface area contributed by atoms with Gasteiger partial charge in [-0.15, -0.1) is 0 Å². The van der Waals surface area contributed by atoms with Gasteiger partial charge in [-0.1, -0.05) is 0 Å². The Labute approximate surface area is 59.8 Å². The van der Waals surface area contributed by atoms with Crippen LogP contribution in [0.1, 0.15) is 6.42 Å². The third kappa shape index (κ3) is 1.37. The minimum absolute atomic E-state index is 0.264. The molecule has 0 amide bonds. The molecule has 0 radical (unpaired) electrons. The maximum absolute atomic E-state index is 9.20. The van der Waals surface area contributed by atoms with E-state index in [9.17, 15) is 5.11 Å². The number of likely N-dealkylation sites (N-methyl/N-ethyl adjacent to an activating group) is 1. The summed E-state index contributed by atoms with van der Waals surface area (Å²) in [6.45, 7) is 0. The van der Waals surface area contributed by atoms with Crippen LogP contribution in [0.25, 0.3) is 0 Å². The number of nitrogens with zero attached hydrogens (tertiary/aromatic N) is 1. The first-order valence-electron chi connectivity index (χ1n) is 3.13. The molecule has 3 heteroatoms. The summed E-state index contributed by atoms with van der Waals surface area (Å²) in [5, 5.41) is 12.0. The molecule has 0 fully saturated rings. The van der Waals surface area contributed by atoms with E-state index >= 15 is 0 Å². The molecule has 54 valence electrons. The summed E-state index contributed by atoms with van der Waals surface area (Å²) in [6.07, 6.45) is 5.73. The smallest absolute Gasteiger partial charge is 0.136 e. The van der Waals surface area contributed by atoms with Crippen molar-refractivity contribution in [3.8, 4) is 0 Å². The van der Waals surface area contributed by atoms with Gasteiger partial charge in [0, 0.05) is 19.7 Å². The monoisotopic (exact) mass is 138 g/mol. The van der Waals surface area contributed by atoms with E-state index in [2.05, 4.69) is 10.3 Å². The number of aliphatic imine (C=N–C) groups is 1. The SMILES string of the molecule is CNC1=CN=CCC=C1O. The maximum atomic E-state index is 9.20. The topological polar surface area (TPSA) is 44.6 Å². The number of allylic oxidation sites excluding steroid dienone is 1. The van der Waals surface area contributed by atoms with E-state index in [0.29, 0.717) is 12.1 Å². The van der Waals surface area contributed by atoms with E-state index in [0.717, 1.165) is 0 Å². The van der Waals surface area contributed by atoms with Crippen molar-refractivity contribution in [3.05, 3.63) is 23.7 Å². The Kier molecular flexibility index (Phi) is 2.10. The molecule has 0 aromatic rings. The van der Waals surface area contributed by atoms with Crippen LogP contribution in [0, 0.1) is 0 Å². The minimum atomic E-state index is 0.264. The highest BCUT2D eigenvalue weighted by Crippen LogP contribution is 2.05. The molecule has 1 aliphatic rings. The number of aliphatic hydroxyl groups is 1. The van der Waals surface area contributed by atoms with Crippen LogP contribution >= 0.6 is 0 Å². The molecule has 0 aromatic carbocycles. The molecule has 3 nitrogen and oxygen atoms in total. The van der Waals surface area contributed by atoms with Crippen LogP contribution in [0.2, 0.25) is 0 Å². The lowest BCUT2D eigenvalue weighted by molar-refractivity contribution is 0.415. The molecule has 1 aliphatic heterocycles. The van der Waals surface area contributed by atoms with Crippen LogP contribution in [0.15, 0.2) is 28.7 Å². The molecule has 0 bridgehead atoms. The van der Waals surface area contributed by atoms with E-state index in [1.165, 1.54) is 0 Å². The lowest BCUT2D eigenvalue weighted by Gasteiger charge is -2.01. The Morgan fingerprint density at radius 3 is 3.20 bits per heavy atom. The van der Waals surface area contributed by atoms with Gasteiger partial charge in [0.15, 0.2) is 0 Å². The fraction of sp³-hybridized carbons (Fsp3) is 0.286. The van der Waals surface area contributed by atoms with Gasteiger partial charge < -0.3 is 10.4 Å². The van der Waals surface area contributed by atoms with Crippen molar-refractivity contribution in [2.24, 2.45) is 4.99 Å². The second-order valence-corrected chi connectivity index (χ2v) is 1.95. The average Bonchev–Trinajstić information content (AvgIpc) is 2.13. The van der Waals surface area contributed by atoms with Crippen molar-refractivity contribution < 1.29 is 5.11 Å². The van der Waals surface area contributed by atoms with Crippen molar-refractivity contribution in [2.45, 2.75) is 6.42 Å². The molecule has 2 N–H and O–H groups in total. The van der Waals surface area contributed by atoms with Crippen LogP contribution in [-0.4, -0.2) is 18.4 Å². The fourth-order valence-corrected chi connectivity index (χ4v) is 0.721. The zero-order chi connectivity index (χ0) is 7.40. The standard InChI is InChI=1S/C7H10N2O/c1-8-6-5-9-4-2-3-7(6)10/h3-5,8,10H,2H2,1H3. The quantitative estimate of drug-likeness (QED) is 0.567. The molecule has 1 rings (SSSR count). The summed E-state index contributed by atoms with van der Waals surface area (Å²) in [7, 11) is 1.75. The first-order valence-corrected chi connectivity index (χ1v) is 3.13. The van der Waals surface area contributed by atoms with E-state index in [-0.39, 0.29) is 5.76 Å². The first kappa shape index (κ1) is 6.86. The molecule has 0 spiro atoms. The summed E-state index contributed by atoms with van der Waals surface area (Å²) in [4.78, 5) is 3.91. The first-order chi connectivity index (χ1) is 4.84. The van der Waals surface area contributed by atoms with Crippen molar-refractivity contribution in [3.63, 3.8) is 0 Å². The number of aliphatic hydroxyl groups excluding tert-OH is 1. The predicted octanol–water partition coefficient (Wildman–Crippen LogP) is 0.964. The van der Waals surface area contributed by atoms with E-state index in [1.807, 2.05) is 0 Å². The van der Waals surface area contributed by atoms with Gasteiger partial charge in [-0.3, -0.25) is 4.99 Å². The highest BCUT2D eigenvalue weighted by atomic mass is 16.3. The van der Waals surface area contributed by atoms with Crippen molar-refractivity contribution in [2.75, 3.05) is 7.05 Å². The van der Waals surface area contributed by atoms with Crippen molar-refractivity contribution in [1.29, 1.82) is 0 Å². The number of hydrogen-bond donors (Lipinski definition) is 2. The summed E-state index contributed by atoms with van der Waals surface area (Å²) >= 11 is 0. The average molecular weight is 138 g/mol. The Bertz CT molecular complexity index is 204. The number of rotatable bonds is 1. The summed E-state index contributed by atoms with van der Waals surface area (Å²) < 4.78 is 0.